The Balaban J connectivity index is 1.89. The summed E-state index contributed by atoms with van der Waals surface area (Å²) in [4.78, 5) is 37.4. The molecule has 0 aromatic heterocycles. The van der Waals surface area contributed by atoms with Gasteiger partial charge in [0.2, 0.25) is 21.8 Å². The Bertz CT molecular complexity index is 1270. The van der Waals surface area contributed by atoms with Crippen LogP contribution in [0, 0.1) is 0 Å². The summed E-state index contributed by atoms with van der Waals surface area (Å²) < 4.78 is 24.8. The minimum Gasteiger partial charge on any atom is -0.324 e. The van der Waals surface area contributed by atoms with Gasteiger partial charge in [0.25, 0.3) is 5.91 Å². The zero-order valence-corrected chi connectivity index (χ0v) is 26.7. The maximum atomic E-state index is 13.0. The molecule has 0 bridgehead atoms. The molecule has 2 rings (SSSR count). The lowest BCUT2D eigenvalue weighted by Gasteiger charge is -2.19. The van der Waals surface area contributed by atoms with Crippen molar-refractivity contribution in [1.82, 2.24) is 0 Å². The Hall–Kier alpha value is -3.24. The zero-order chi connectivity index (χ0) is 31.5. The highest BCUT2D eigenvalue weighted by Crippen LogP contribution is 2.37. The van der Waals surface area contributed by atoms with Crippen molar-refractivity contribution in [2.75, 3.05) is 16.0 Å². The third kappa shape index (κ3) is 14.2. The van der Waals surface area contributed by atoms with E-state index in [9.17, 15) is 22.8 Å². The van der Waals surface area contributed by atoms with Crippen LogP contribution >= 0.6 is 0 Å². The molecule has 0 aliphatic rings. The van der Waals surface area contributed by atoms with E-state index in [1.54, 1.807) is 30.3 Å². The molecule has 3 amide bonds. The highest BCUT2D eigenvalue weighted by molar-refractivity contribution is 7.89. The summed E-state index contributed by atoms with van der Waals surface area (Å²) in [5, 5.41) is 13.3. The average Bonchev–Trinajstić information content (AvgIpc) is 2.96. The second kappa shape index (κ2) is 19.9. The fraction of sp³-hybridized carbons (Fsp3) is 0.545. The Morgan fingerprint density at radius 3 is 1.65 bits per heavy atom. The number of sulfonamides is 1. The van der Waals surface area contributed by atoms with Crippen molar-refractivity contribution in [3.8, 4) is 0 Å². The number of hydrogen-bond acceptors (Lipinski definition) is 5. The molecule has 0 atom stereocenters. The average molecular weight is 615 g/mol. The largest absolute Gasteiger partial charge is 0.324 e. The number of anilines is 3. The SMILES string of the molecule is CCCCCCCCCCCCCCCCCC(=O)Nc1c(S(N)(=O)=O)ccc(NC(C)=O)c1NC(=O)c1ccccc1. The number of amides is 3. The highest BCUT2D eigenvalue weighted by Gasteiger charge is 2.24. The number of primary sulfonamides is 1. The Morgan fingerprint density at radius 2 is 1.16 bits per heavy atom. The van der Waals surface area contributed by atoms with Crippen LogP contribution in [-0.4, -0.2) is 26.1 Å². The van der Waals surface area contributed by atoms with Gasteiger partial charge in [-0.05, 0) is 30.7 Å². The van der Waals surface area contributed by atoms with Crippen molar-refractivity contribution in [1.29, 1.82) is 0 Å². The molecule has 238 valence electrons. The predicted molar refractivity (Wildman–Crippen MR) is 175 cm³/mol. The minimum atomic E-state index is -4.28. The standard InChI is InChI=1S/C33H50N4O5S/c1-3-4-5-6-7-8-9-10-11-12-13-14-15-16-20-23-30(39)36-32-29(43(34,41)42)25-24-28(35-26(2)38)31(32)37-33(40)27-21-18-17-19-22-27/h17-19,21-22,24-25H,3-16,20,23H2,1-2H3,(H,35,38)(H,36,39)(H,37,40)(H2,34,41,42). The number of nitrogens with two attached hydrogens (primary N) is 1. The molecule has 0 saturated carbocycles. The normalized spacial score (nSPS) is 11.2. The Kier molecular flexibility index (Phi) is 16.6. The summed E-state index contributed by atoms with van der Waals surface area (Å²) in [6.45, 7) is 3.53. The number of hydrogen-bond donors (Lipinski definition) is 4. The summed E-state index contributed by atoms with van der Waals surface area (Å²) in [5.74, 6) is -1.39. The van der Waals surface area contributed by atoms with Crippen LogP contribution in [-0.2, 0) is 19.6 Å². The first-order valence-electron chi connectivity index (χ1n) is 15.8. The lowest BCUT2D eigenvalue weighted by Crippen LogP contribution is -2.22. The second-order valence-corrected chi connectivity index (χ2v) is 12.7. The first kappa shape index (κ1) is 36.0. The lowest BCUT2D eigenvalue weighted by atomic mass is 10.0. The van der Waals surface area contributed by atoms with E-state index in [2.05, 4.69) is 22.9 Å². The molecule has 10 heteroatoms. The third-order valence-electron chi connectivity index (χ3n) is 7.33. The van der Waals surface area contributed by atoms with Crippen LogP contribution < -0.4 is 21.1 Å². The molecule has 0 radical (unpaired) electrons. The van der Waals surface area contributed by atoms with Gasteiger partial charge in [-0.15, -0.1) is 0 Å². The van der Waals surface area contributed by atoms with Crippen molar-refractivity contribution in [3.63, 3.8) is 0 Å². The van der Waals surface area contributed by atoms with Crippen molar-refractivity contribution < 1.29 is 22.8 Å². The van der Waals surface area contributed by atoms with Crippen molar-refractivity contribution >= 4 is 44.8 Å². The molecule has 2 aromatic rings. The van der Waals surface area contributed by atoms with Crippen LogP contribution in [0.15, 0.2) is 47.4 Å². The predicted octanol–water partition coefficient (Wildman–Crippen LogP) is 7.74. The Labute approximate surface area is 257 Å². The first-order chi connectivity index (χ1) is 20.6. The zero-order valence-electron chi connectivity index (χ0n) is 25.9. The van der Waals surface area contributed by atoms with Crippen LogP contribution in [0.2, 0.25) is 0 Å². The van der Waals surface area contributed by atoms with E-state index in [4.69, 9.17) is 5.14 Å². The molecule has 0 unspecified atom stereocenters. The Morgan fingerprint density at radius 1 is 0.651 bits per heavy atom. The third-order valence-corrected chi connectivity index (χ3v) is 8.28. The van der Waals surface area contributed by atoms with Crippen LogP contribution in [0.5, 0.6) is 0 Å². The summed E-state index contributed by atoms with van der Waals surface area (Å²) >= 11 is 0. The van der Waals surface area contributed by atoms with Gasteiger partial charge in [0, 0.05) is 18.9 Å². The van der Waals surface area contributed by atoms with E-state index < -0.39 is 27.7 Å². The molecule has 0 heterocycles. The monoisotopic (exact) mass is 614 g/mol. The topological polar surface area (TPSA) is 147 Å². The van der Waals surface area contributed by atoms with Crippen molar-refractivity contribution in [3.05, 3.63) is 48.0 Å². The van der Waals surface area contributed by atoms with Gasteiger partial charge in [-0.1, -0.05) is 115 Å². The van der Waals surface area contributed by atoms with Crippen molar-refractivity contribution in [2.24, 2.45) is 5.14 Å². The van der Waals surface area contributed by atoms with Gasteiger partial charge < -0.3 is 16.0 Å². The molecule has 0 fully saturated rings. The molecule has 5 N–H and O–H groups in total. The molecular formula is C33H50N4O5S. The van der Waals surface area contributed by atoms with E-state index in [1.165, 1.54) is 89.7 Å². The molecule has 9 nitrogen and oxygen atoms in total. The number of carbonyl (C=O) groups excluding carboxylic acids is 3. The number of nitrogens with one attached hydrogen (secondary N) is 3. The summed E-state index contributed by atoms with van der Waals surface area (Å²) in [6.07, 6.45) is 18.3. The van der Waals surface area contributed by atoms with Gasteiger partial charge in [0.05, 0.1) is 17.1 Å². The smallest absolute Gasteiger partial charge is 0.255 e. The fourth-order valence-corrected chi connectivity index (χ4v) is 5.70. The molecular weight excluding hydrogens is 564 g/mol. The van der Waals surface area contributed by atoms with Gasteiger partial charge in [0.1, 0.15) is 4.90 Å². The molecule has 0 aliphatic carbocycles. The molecule has 0 aliphatic heterocycles. The van der Waals surface area contributed by atoms with Gasteiger partial charge in [-0.25, -0.2) is 13.6 Å². The van der Waals surface area contributed by atoms with Crippen LogP contribution in [0.3, 0.4) is 0 Å². The van der Waals surface area contributed by atoms with E-state index in [1.807, 2.05) is 0 Å². The summed E-state index contributed by atoms with van der Waals surface area (Å²) in [6, 6.07) is 10.8. The van der Waals surface area contributed by atoms with E-state index in [-0.39, 0.29) is 28.4 Å². The number of carbonyl (C=O) groups is 3. The first-order valence-corrected chi connectivity index (χ1v) is 17.3. The maximum absolute atomic E-state index is 13.0. The molecule has 2 aromatic carbocycles. The lowest BCUT2D eigenvalue weighted by molar-refractivity contribution is -0.116. The van der Waals surface area contributed by atoms with Gasteiger partial charge in [-0.3, -0.25) is 14.4 Å². The number of rotatable bonds is 21. The van der Waals surface area contributed by atoms with Gasteiger partial charge in [0.15, 0.2) is 0 Å². The van der Waals surface area contributed by atoms with E-state index in [0.717, 1.165) is 19.3 Å². The summed E-state index contributed by atoms with van der Waals surface area (Å²) in [5.41, 5.74) is 0.211. The van der Waals surface area contributed by atoms with Gasteiger partial charge in [-0.2, -0.15) is 0 Å². The van der Waals surface area contributed by atoms with E-state index >= 15 is 0 Å². The number of unbranched alkanes of at least 4 members (excludes halogenated alkanes) is 14. The quantitative estimate of drug-likeness (QED) is 0.106. The molecule has 0 spiro atoms. The molecule has 0 saturated heterocycles. The fourth-order valence-electron chi connectivity index (χ4n) is 5.00. The second-order valence-electron chi connectivity index (χ2n) is 11.2. The van der Waals surface area contributed by atoms with Crippen molar-refractivity contribution in [2.45, 2.75) is 121 Å². The van der Waals surface area contributed by atoms with Crippen LogP contribution in [0.1, 0.15) is 127 Å². The summed E-state index contributed by atoms with van der Waals surface area (Å²) in [7, 11) is -4.28. The van der Waals surface area contributed by atoms with Gasteiger partial charge >= 0.3 is 0 Å². The van der Waals surface area contributed by atoms with Crippen LogP contribution in [0.25, 0.3) is 0 Å². The number of benzene rings is 2. The highest BCUT2D eigenvalue weighted by atomic mass is 32.2. The minimum absolute atomic E-state index is 0.0552. The van der Waals surface area contributed by atoms with Crippen LogP contribution in [0.4, 0.5) is 17.1 Å². The maximum Gasteiger partial charge on any atom is 0.255 e. The van der Waals surface area contributed by atoms with E-state index in [0.29, 0.717) is 12.0 Å². The molecule has 43 heavy (non-hydrogen) atoms.